The lowest BCUT2D eigenvalue weighted by atomic mass is 9.99. The lowest BCUT2D eigenvalue weighted by Crippen LogP contribution is -2.48. The highest BCUT2D eigenvalue weighted by molar-refractivity contribution is 5.85. The van der Waals surface area contributed by atoms with E-state index in [0.717, 1.165) is 58.9 Å². The number of nitrogens with zero attached hydrogens (tertiary/aromatic N) is 3. The Hall–Kier alpha value is -0.400. The van der Waals surface area contributed by atoms with Crippen LogP contribution in [0.5, 0.6) is 0 Å². The topological polar surface area (TPSA) is 48.1 Å². The van der Waals surface area contributed by atoms with Crippen LogP contribution in [0.3, 0.4) is 0 Å². The molecule has 2 aliphatic rings. The molecule has 0 saturated carbocycles. The number of carbonyl (C=O) groups excluding carboxylic acids is 1. The average molecular weight is 349 g/mol. The number of carbonyl (C=O) groups is 1. The molecule has 0 aliphatic carbocycles. The Kier molecular flexibility index (Phi) is 10.1. The van der Waals surface area contributed by atoms with Gasteiger partial charge in [-0.15, -0.1) is 12.4 Å². The van der Waals surface area contributed by atoms with Crippen molar-refractivity contribution in [2.75, 3.05) is 79.6 Å². The molecule has 6 nitrogen and oxygen atoms in total. The third-order valence-corrected chi connectivity index (χ3v) is 4.82. The molecule has 1 atom stereocenters. The van der Waals surface area contributed by atoms with Crippen molar-refractivity contribution in [1.82, 2.24) is 20.0 Å². The zero-order valence-corrected chi connectivity index (χ0v) is 15.4. The first-order chi connectivity index (χ1) is 10.7. The molecule has 23 heavy (non-hydrogen) atoms. The molecular formula is C16H33ClN4O2. The summed E-state index contributed by atoms with van der Waals surface area (Å²) in [5.74, 6) is 0.535. The number of hydrogen-bond donors (Lipinski definition) is 1. The van der Waals surface area contributed by atoms with E-state index in [2.05, 4.69) is 27.1 Å². The summed E-state index contributed by atoms with van der Waals surface area (Å²) >= 11 is 0. The van der Waals surface area contributed by atoms with Gasteiger partial charge in [-0.2, -0.15) is 0 Å². The van der Waals surface area contributed by atoms with Gasteiger partial charge in [-0.3, -0.25) is 14.6 Å². The Balaban J connectivity index is 0.00000264. The SMILES string of the molecule is COC(=O)CN(CCN1CCN(C)CC1)CC1CCCNC1.Cl. The summed E-state index contributed by atoms with van der Waals surface area (Å²) in [4.78, 5) is 18.8. The van der Waals surface area contributed by atoms with Crippen LogP contribution in [0.1, 0.15) is 12.8 Å². The number of esters is 1. The molecule has 2 rings (SSSR count). The van der Waals surface area contributed by atoms with Gasteiger partial charge in [0.1, 0.15) is 0 Å². The molecular weight excluding hydrogens is 316 g/mol. The van der Waals surface area contributed by atoms with Crippen molar-refractivity contribution in [2.45, 2.75) is 12.8 Å². The predicted octanol–water partition coefficient (Wildman–Crippen LogP) is 0.130. The highest BCUT2D eigenvalue weighted by atomic mass is 35.5. The Bertz CT molecular complexity index is 332. The predicted molar refractivity (Wildman–Crippen MR) is 95.2 cm³/mol. The minimum atomic E-state index is -0.123. The van der Waals surface area contributed by atoms with Crippen molar-refractivity contribution >= 4 is 18.4 Å². The number of hydrogen-bond acceptors (Lipinski definition) is 6. The van der Waals surface area contributed by atoms with Crippen LogP contribution in [0, 0.1) is 5.92 Å². The monoisotopic (exact) mass is 348 g/mol. The second-order valence-corrected chi connectivity index (χ2v) is 6.67. The average Bonchev–Trinajstić information content (AvgIpc) is 2.55. The van der Waals surface area contributed by atoms with Crippen molar-refractivity contribution in [3.05, 3.63) is 0 Å². The standard InChI is InChI=1S/C16H32N4O2.ClH/c1-18-6-8-19(9-7-18)10-11-20(14-16(21)22-2)13-15-4-3-5-17-12-15;/h15,17H,3-14H2,1-2H3;1H. The van der Waals surface area contributed by atoms with E-state index in [1.807, 2.05) is 0 Å². The van der Waals surface area contributed by atoms with E-state index in [-0.39, 0.29) is 18.4 Å². The van der Waals surface area contributed by atoms with Crippen molar-refractivity contribution < 1.29 is 9.53 Å². The molecule has 0 spiro atoms. The van der Waals surface area contributed by atoms with E-state index in [0.29, 0.717) is 12.5 Å². The van der Waals surface area contributed by atoms with Crippen LogP contribution < -0.4 is 5.32 Å². The van der Waals surface area contributed by atoms with Gasteiger partial charge in [-0.05, 0) is 38.9 Å². The van der Waals surface area contributed by atoms with Crippen molar-refractivity contribution in [2.24, 2.45) is 5.92 Å². The largest absolute Gasteiger partial charge is 0.468 e. The maximum atomic E-state index is 11.7. The maximum absolute atomic E-state index is 11.7. The number of ether oxygens (including phenoxy) is 1. The first kappa shape index (κ1) is 20.6. The van der Waals surface area contributed by atoms with Crippen LogP contribution in [0.4, 0.5) is 0 Å². The summed E-state index contributed by atoms with van der Waals surface area (Å²) in [5.41, 5.74) is 0. The van der Waals surface area contributed by atoms with Crippen LogP contribution in [-0.2, 0) is 9.53 Å². The highest BCUT2D eigenvalue weighted by Crippen LogP contribution is 2.12. The summed E-state index contributed by atoms with van der Waals surface area (Å²) in [5, 5.41) is 3.46. The van der Waals surface area contributed by atoms with E-state index in [4.69, 9.17) is 4.74 Å². The number of piperidine rings is 1. The second kappa shape index (κ2) is 11.2. The van der Waals surface area contributed by atoms with Gasteiger partial charge in [-0.1, -0.05) is 0 Å². The number of nitrogens with one attached hydrogen (secondary N) is 1. The van der Waals surface area contributed by atoms with Gasteiger partial charge in [0.15, 0.2) is 0 Å². The molecule has 0 radical (unpaired) electrons. The Morgan fingerprint density at radius 2 is 2.04 bits per heavy atom. The van der Waals surface area contributed by atoms with Crippen LogP contribution in [0.25, 0.3) is 0 Å². The zero-order chi connectivity index (χ0) is 15.8. The van der Waals surface area contributed by atoms with E-state index >= 15 is 0 Å². The normalized spacial score (nSPS) is 23.5. The summed E-state index contributed by atoms with van der Waals surface area (Å²) in [6.07, 6.45) is 2.51. The van der Waals surface area contributed by atoms with Crippen molar-refractivity contribution in [1.29, 1.82) is 0 Å². The van der Waals surface area contributed by atoms with E-state index in [1.54, 1.807) is 0 Å². The van der Waals surface area contributed by atoms with E-state index in [9.17, 15) is 4.79 Å². The molecule has 2 heterocycles. The van der Waals surface area contributed by atoms with E-state index in [1.165, 1.54) is 20.0 Å². The van der Waals surface area contributed by atoms with Crippen molar-refractivity contribution in [3.63, 3.8) is 0 Å². The highest BCUT2D eigenvalue weighted by Gasteiger charge is 2.20. The van der Waals surface area contributed by atoms with E-state index < -0.39 is 0 Å². The summed E-state index contributed by atoms with van der Waals surface area (Å²) in [7, 11) is 3.65. The number of piperazine rings is 1. The Labute approximate surface area is 146 Å². The molecule has 2 saturated heterocycles. The maximum Gasteiger partial charge on any atom is 0.319 e. The summed E-state index contributed by atoms with van der Waals surface area (Å²) in [6, 6.07) is 0. The van der Waals surface area contributed by atoms with Crippen LogP contribution in [0.15, 0.2) is 0 Å². The number of halogens is 1. The Morgan fingerprint density at radius 3 is 2.65 bits per heavy atom. The summed E-state index contributed by atoms with van der Waals surface area (Å²) in [6.45, 7) is 10.2. The summed E-state index contributed by atoms with van der Waals surface area (Å²) < 4.78 is 4.86. The Morgan fingerprint density at radius 1 is 1.30 bits per heavy atom. The van der Waals surface area contributed by atoms with Gasteiger partial charge in [0, 0.05) is 45.8 Å². The molecule has 0 aromatic heterocycles. The lowest BCUT2D eigenvalue weighted by Gasteiger charge is -2.35. The fourth-order valence-electron chi connectivity index (χ4n) is 3.28. The van der Waals surface area contributed by atoms with Crippen LogP contribution in [0.2, 0.25) is 0 Å². The van der Waals surface area contributed by atoms with Gasteiger partial charge in [-0.25, -0.2) is 0 Å². The van der Waals surface area contributed by atoms with Crippen LogP contribution >= 0.6 is 12.4 Å². The quantitative estimate of drug-likeness (QED) is 0.660. The fourth-order valence-corrected chi connectivity index (χ4v) is 3.28. The molecule has 0 bridgehead atoms. The third-order valence-electron chi connectivity index (χ3n) is 4.82. The van der Waals surface area contributed by atoms with Crippen LogP contribution in [-0.4, -0.2) is 100 Å². The van der Waals surface area contributed by atoms with Gasteiger partial charge < -0.3 is 15.0 Å². The minimum Gasteiger partial charge on any atom is -0.468 e. The van der Waals surface area contributed by atoms with Gasteiger partial charge in [0.05, 0.1) is 13.7 Å². The van der Waals surface area contributed by atoms with Gasteiger partial charge in [0.2, 0.25) is 0 Å². The first-order valence-corrected chi connectivity index (χ1v) is 8.58. The number of methoxy groups -OCH3 is 1. The van der Waals surface area contributed by atoms with Crippen molar-refractivity contribution in [3.8, 4) is 0 Å². The first-order valence-electron chi connectivity index (χ1n) is 8.58. The molecule has 0 aromatic rings. The molecule has 1 N–H and O–H groups in total. The number of likely N-dealkylation sites (N-methyl/N-ethyl adjacent to an activating group) is 1. The molecule has 2 aliphatic heterocycles. The smallest absolute Gasteiger partial charge is 0.319 e. The molecule has 136 valence electrons. The fraction of sp³-hybridized carbons (Fsp3) is 0.938. The minimum absolute atomic E-state index is 0. The van der Waals surface area contributed by atoms with Gasteiger partial charge in [0.25, 0.3) is 0 Å². The molecule has 7 heteroatoms. The molecule has 1 unspecified atom stereocenters. The third kappa shape index (κ3) is 7.81. The molecule has 0 aromatic carbocycles. The second-order valence-electron chi connectivity index (χ2n) is 6.67. The molecule has 0 amide bonds. The molecule has 2 fully saturated rings. The van der Waals surface area contributed by atoms with Gasteiger partial charge >= 0.3 is 5.97 Å². The number of rotatable bonds is 7. The lowest BCUT2D eigenvalue weighted by molar-refractivity contribution is -0.142. The zero-order valence-electron chi connectivity index (χ0n) is 14.6.